The van der Waals surface area contributed by atoms with Crippen molar-refractivity contribution in [2.45, 2.75) is 61.1 Å². The number of aryl methyl sites for hydroxylation is 1. The quantitative estimate of drug-likeness (QED) is 0.167. The SMILES string of the molecule is [2H]C([2H])([2H])c1c[c-]c(-c2ccc(C([2H])([2H])C(C)(C)C)cn2)cc1.[2H]C([2H])(c1ccnc(-c2[c-]cc3oc4cccc5sc2c3c45)c1)C(C)(C)C.[Ir]. The molecule has 7 aromatic rings. The van der Waals surface area contributed by atoms with Crippen molar-refractivity contribution >= 4 is 42.7 Å². The van der Waals surface area contributed by atoms with E-state index in [9.17, 15) is 0 Å². The van der Waals surface area contributed by atoms with Crippen LogP contribution in [-0.2, 0) is 32.9 Å². The fourth-order valence-corrected chi connectivity index (χ4v) is 6.24. The monoisotopic (exact) mass is 782 g/mol. The van der Waals surface area contributed by atoms with Crippen molar-refractivity contribution in [3.05, 3.63) is 108 Å². The summed E-state index contributed by atoms with van der Waals surface area (Å²) in [6.45, 7) is 9.15. The molecule has 4 heterocycles. The molecule has 0 atom stereocenters. The summed E-state index contributed by atoms with van der Waals surface area (Å²) in [4.78, 5) is 8.85. The first-order chi connectivity index (χ1) is 23.2. The summed E-state index contributed by atoms with van der Waals surface area (Å²) in [5, 5.41) is 2.27. The molecular weight excluding hydrogens is 737 g/mol. The number of pyridine rings is 2. The topological polar surface area (TPSA) is 38.9 Å². The van der Waals surface area contributed by atoms with Crippen molar-refractivity contribution in [2.24, 2.45) is 10.8 Å². The van der Waals surface area contributed by atoms with Gasteiger partial charge in [0.2, 0.25) is 0 Å². The summed E-state index contributed by atoms with van der Waals surface area (Å²) in [5.41, 5.74) is 5.03. The molecule has 3 aromatic carbocycles. The minimum absolute atomic E-state index is 0. The first-order valence-corrected chi connectivity index (χ1v) is 15.1. The van der Waals surface area contributed by atoms with Crippen LogP contribution < -0.4 is 0 Å². The normalized spacial score (nSPS) is 15.3. The van der Waals surface area contributed by atoms with Crippen LogP contribution in [-0.4, -0.2) is 9.97 Å². The van der Waals surface area contributed by atoms with Crippen LogP contribution in [0.2, 0.25) is 0 Å². The minimum Gasteiger partial charge on any atom is -0.500 e. The predicted octanol–water partition coefficient (Wildman–Crippen LogP) is 11.1. The maximum Gasteiger partial charge on any atom is 0.122 e. The molecule has 0 bridgehead atoms. The van der Waals surface area contributed by atoms with Crippen molar-refractivity contribution in [2.75, 3.05) is 0 Å². The Morgan fingerprint density at radius 2 is 1.61 bits per heavy atom. The number of thiophene rings is 1. The number of hydrogen-bond donors (Lipinski definition) is 0. The second-order valence-corrected chi connectivity index (χ2v) is 13.7. The fraction of sp³-hybridized carbons (Fsp3) is 0.282. The average Bonchev–Trinajstić information content (AvgIpc) is 3.64. The van der Waals surface area contributed by atoms with Gasteiger partial charge in [-0.25, -0.2) is 0 Å². The van der Waals surface area contributed by atoms with E-state index >= 15 is 0 Å². The smallest absolute Gasteiger partial charge is 0.122 e. The maximum absolute atomic E-state index is 8.58. The summed E-state index contributed by atoms with van der Waals surface area (Å²) in [5.74, 6) is 0. The number of furan rings is 1. The number of aromatic nitrogens is 2. The molecule has 44 heavy (non-hydrogen) atoms. The van der Waals surface area contributed by atoms with E-state index in [4.69, 9.17) is 14.0 Å². The molecule has 0 amide bonds. The Morgan fingerprint density at radius 3 is 2.30 bits per heavy atom. The minimum atomic E-state index is -2.14. The second-order valence-electron chi connectivity index (χ2n) is 12.7. The van der Waals surface area contributed by atoms with E-state index in [1.165, 1.54) is 17.0 Å². The summed E-state index contributed by atoms with van der Waals surface area (Å²) >= 11 is 1.71. The molecule has 227 valence electrons. The van der Waals surface area contributed by atoms with Gasteiger partial charge in [-0.05, 0) is 68.8 Å². The third kappa shape index (κ3) is 7.12. The van der Waals surface area contributed by atoms with Gasteiger partial charge in [0.05, 0.1) is 5.58 Å². The third-order valence-corrected chi connectivity index (χ3v) is 7.80. The van der Waals surface area contributed by atoms with Crippen molar-refractivity contribution in [1.82, 2.24) is 9.97 Å². The number of rotatable bonds is 4. The summed E-state index contributed by atoms with van der Waals surface area (Å²) in [7, 11) is 0. The van der Waals surface area contributed by atoms with Gasteiger partial charge in [-0.1, -0.05) is 78.2 Å². The molecule has 0 aliphatic carbocycles. The van der Waals surface area contributed by atoms with Crippen molar-refractivity contribution in [3.8, 4) is 22.5 Å². The van der Waals surface area contributed by atoms with Gasteiger partial charge in [0.25, 0.3) is 0 Å². The largest absolute Gasteiger partial charge is 0.500 e. The van der Waals surface area contributed by atoms with Crippen LogP contribution in [0.15, 0.2) is 83.5 Å². The second kappa shape index (κ2) is 12.6. The Labute approximate surface area is 288 Å². The molecule has 0 spiro atoms. The van der Waals surface area contributed by atoms with E-state index in [-0.39, 0.29) is 25.7 Å². The average molecular weight is 782 g/mol. The zero-order valence-electron chi connectivity index (χ0n) is 32.5. The summed E-state index contributed by atoms with van der Waals surface area (Å²) < 4.78 is 64.0. The molecule has 0 unspecified atom stereocenters. The van der Waals surface area contributed by atoms with Crippen LogP contribution in [0.3, 0.4) is 0 Å². The van der Waals surface area contributed by atoms with Gasteiger partial charge in [-0.3, -0.25) is 0 Å². The molecule has 0 aliphatic heterocycles. The van der Waals surface area contributed by atoms with Crippen molar-refractivity contribution in [1.29, 1.82) is 0 Å². The van der Waals surface area contributed by atoms with E-state index < -0.39 is 30.4 Å². The molecule has 0 aliphatic rings. The van der Waals surface area contributed by atoms with Gasteiger partial charge >= 0.3 is 0 Å². The standard InChI is InChI=1S/C22H18NOS.C17H20N.Ir/c1-22(2,3)12-13-9-10-23-15(11-13)14-7-8-17-20-19-16(24-17)5-4-6-18(19)25-21(14)20;1-13-5-8-15(9-6-13)16-10-7-14(12-18-16)11-17(2,3)4;/h4-6,8-11H,12H2,1-3H3;5-8,10,12H,11H2,1-4H3;/q2*-1;/i12D2;1D3,11D2;. The number of hydrogen-bond acceptors (Lipinski definition) is 4. The van der Waals surface area contributed by atoms with Crippen LogP contribution in [0.4, 0.5) is 0 Å². The Kier molecular flexibility index (Phi) is 6.83. The Hall–Kier alpha value is -3.37. The molecule has 3 nitrogen and oxygen atoms in total. The van der Waals surface area contributed by atoms with E-state index in [2.05, 4.69) is 28.2 Å². The molecule has 4 aromatic heterocycles. The van der Waals surface area contributed by atoms with Gasteiger partial charge in [-0.15, -0.1) is 53.1 Å². The molecule has 7 rings (SSSR count). The van der Waals surface area contributed by atoms with E-state index in [0.717, 1.165) is 37.9 Å². The molecule has 5 heteroatoms. The summed E-state index contributed by atoms with van der Waals surface area (Å²) in [6, 6.07) is 26.0. The van der Waals surface area contributed by atoms with Gasteiger partial charge in [-0.2, -0.15) is 11.3 Å². The van der Waals surface area contributed by atoms with Crippen molar-refractivity contribution in [3.63, 3.8) is 0 Å². The Balaban J connectivity index is 0.000000197. The molecule has 0 saturated heterocycles. The Morgan fingerprint density at radius 1 is 0.818 bits per heavy atom. The van der Waals surface area contributed by atoms with Gasteiger partial charge < -0.3 is 14.4 Å². The fourth-order valence-electron chi connectivity index (χ4n) is 5.00. The van der Waals surface area contributed by atoms with Crippen molar-refractivity contribution < 1.29 is 34.1 Å². The Bertz CT molecular complexity index is 2280. The molecule has 0 N–H and O–H groups in total. The first kappa shape index (κ1) is 23.9. The third-order valence-electron chi connectivity index (χ3n) is 6.62. The maximum atomic E-state index is 8.58. The van der Waals surface area contributed by atoms with Gasteiger partial charge in [0.1, 0.15) is 5.58 Å². The molecule has 0 fully saturated rings. The van der Waals surface area contributed by atoms with E-state index in [1.54, 1.807) is 47.9 Å². The van der Waals surface area contributed by atoms with Crippen LogP contribution in [0.1, 0.15) is 67.8 Å². The zero-order valence-corrected chi connectivity index (χ0v) is 28.8. The summed E-state index contributed by atoms with van der Waals surface area (Å²) in [6.07, 6.45) is 0.268. The molecule has 0 saturated carbocycles. The zero-order chi connectivity index (χ0) is 36.4. The van der Waals surface area contributed by atoms with Crippen LogP contribution in [0.25, 0.3) is 53.9 Å². The first-order valence-electron chi connectivity index (χ1n) is 17.7. The predicted molar refractivity (Wildman–Crippen MR) is 182 cm³/mol. The molecular formula is C39H38IrN2OS-2. The van der Waals surface area contributed by atoms with Gasteiger partial charge in [0, 0.05) is 52.2 Å². The van der Waals surface area contributed by atoms with Crippen LogP contribution in [0, 0.1) is 29.8 Å². The van der Waals surface area contributed by atoms with Crippen LogP contribution in [0.5, 0.6) is 0 Å². The number of benzene rings is 3. The van der Waals surface area contributed by atoms with E-state index in [0.29, 0.717) is 22.4 Å². The van der Waals surface area contributed by atoms with Gasteiger partial charge in [0.15, 0.2) is 0 Å². The van der Waals surface area contributed by atoms with E-state index in [1.807, 2.05) is 65.8 Å². The molecule has 1 radical (unpaired) electrons. The number of nitrogens with zero attached hydrogens (tertiary/aromatic N) is 2. The van der Waals surface area contributed by atoms with Crippen LogP contribution >= 0.6 is 11.3 Å².